The molecule has 0 saturated carbocycles. The number of nitrogens with zero attached hydrogens (tertiary/aromatic N) is 1. The van der Waals surface area contributed by atoms with Crippen LogP contribution in [0.4, 0.5) is 5.69 Å². The number of amides is 1. The molecule has 0 aliphatic carbocycles. The number of carbonyl (C=O) groups is 1. The molecule has 0 spiro atoms. The molecule has 0 radical (unpaired) electrons. The first kappa shape index (κ1) is 13.1. The van der Waals surface area contributed by atoms with Crippen LogP contribution in [0.2, 0.25) is 0 Å². The van der Waals surface area contributed by atoms with E-state index in [1.165, 1.54) is 0 Å². The molecule has 1 aromatic heterocycles. The summed E-state index contributed by atoms with van der Waals surface area (Å²) in [4.78, 5) is 19.2. The van der Waals surface area contributed by atoms with E-state index in [9.17, 15) is 4.79 Å². The molecule has 1 amide bonds. The molecule has 1 aromatic carbocycles. The number of rotatable bonds is 5. The predicted octanol–water partition coefficient (Wildman–Crippen LogP) is 2.08. The highest BCUT2D eigenvalue weighted by Crippen LogP contribution is 2.17. The smallest absolute Gasteiger partial charge is 0.253 e. The number of hydrogen-bond donors (Lipinski definition) is 3. The van der Waals surface area contributed by atoms with Crippen LogP contribution < -0.4 is 10.6 Å². The molecule has 100 valence electrons. The minimum Gasteiger partial charge on any atom is -0.385 e. The molecule has 0 atom stereocenters. The van der Waals surface area contributed by atoms with Crippen molar-refractivity contribution in [3.8, 4) is 0 Å². The minimum absolute atomic E-state index is 0.104. The number of nitrogens with one attached hydrogen (secondary N) is 3. The maximum atomic E-state index is 12.2. The van der Waals surface area contributed by atoms with Gasteiger partial charge in [0.1, 0.15) is 5.82 Å². The van der Waals surface area contributed by atoms with Gasteiger partial charge in [-0.1, -0.05) is 6.07 Å². The molecule has 2 aromatic rings. The van der Waals surface area contributed by atoms with E-state index < -0.39 is 0 Å². The SMILES string of the molecule is CCNc1cc(C)ccc1C(=O)NCc1ncc[nH]1. The number of anilines is 1. The second kappa shape index (κ2) is 6.04. The van der Waals surface area contributed by atoms with Crippen LogP contribution in [0.3, 0.4) is 0 Å². The van der Waals surface area contributed by atoms with Crippen LogP contribution in [-0.4, -0.2) is 22.4 Å². The molecule has 5 heteroatoms. The molecular weight excluding hydrogens is 240 g/mol. The van der Waals surface area contributed by atoms with E-state index in [1.807, 2.05) is 32.0 Å². The average Bonchev–Trinajstić information content (AvgIpc) is 2.90. The Hall–Kier alpha value is -2.30. The number of aromatic amines is 1. The Balaban J connectivity index is 2.09. The lowest BCUT2D eigenvalue weighted by Gasteiger charge is -2.11. The molecule has 19 heavy (non-hydrogen) atoms. The zero-order valence-electron chi connectivity index (χ0n) is 11.2. The lowest BCUT2D eigenvalue weighted by molar-refractivity contribution is 0.0951. The van der Waals surface area contributed by atoms with Crippen LogP contribution in [0.5, 0.6) is 0 Å². The van der Waals surface area contributed by atoms with Crippen molar-refractivity contribution in [1.29, 1.82) is 0 Å². The Morgan fingerprint density at radius 3 is 2.95 bits per heavy atom. The van der Waals surface area contributed by atoms with E-state index in [-0.39, 0.29) is 5.91 Å². The van der Waals surface area contributed by atoms with Gasteiger partial charge in [-0.2, -0.15) is 0 Å². The Morgan fingerprint density at radius 1 is 1.42 bits per heavy atom. The number of imidazole rings is 1. The maximum absolute atomic E-state index is 12.2. The van der Waals surface area contributed by atoms with Crippen LogP contribution in [0, 0.1) is 6.92 Å². The quantitative estimate of drug-likeness (QED) is 0.769. The highest BCUT2D eigenvalue weighted by Gasteiger charge is 2.11. The predicted molar refractivity (Wildman–Crippen MR) is 75.1 cm³/mol. The summed E-state index contributed by atoms with van der Waals surface area (Å²) in [6.07, 6.45) is 3.40. The Labute approximate surface area is 112 Å². The number of benzene rings is 1. The van der Waals surface area contributed by atoms with E-state index in [2.05, 4.69) is 20.6 Å². The second-order valence-corrected chi connectivity index (χ2v) is 4.30. The summed E-state index contributed by atoms with van der Waals surface area (Å²) in [5.41, 5.74) is 2.64. The maximum Gasteiger partial charge on any atom is 0.253 e. The van der Waals surface area contributed by atoms with Crippen molar-refractivity contribution in [2.24, 2.45) is 0 Å². The molecule has 5 nitrogen and oxygen atoms in total. The highest BCUT2D eigenvalue weighted by atomic mass is 16.1. The first-order chi connectivity index (χ1) is 9.20. The minimum atomic E-state index is -0.104. The van der Waals surface area contributed by atoms with Crippen molar-refractivity contribution < 1.29 is 4.79 Å². The molecule has 3 N–H and O–H groups in total. The standard InChI is InChI=1S/C14H18N4O/c1-3-15-12-8-10(2)4-5-11(12)14(19)18-9-13-16-6-7-17-13/h4-8,15H,3,9H2,1-2H3,(H,16,17)(H,18,19). The third-order valence-electron chi connectivity index (χ3n) is 2.76. The Bertz CT molecular complexity index is 549. The van der Waals surface area contributed by atoms with Gasteiger partial charge >= 0.3 is 0 Å². The van der Waals surface area contributed by atoms with Gasteiger partial charge in [-0.15, -0.1) is 0 Å². The van der Waals surface area contributed by atoms with Crippen molar-refractivity contribution >= 4 is 11.6 Å². The summed E-state index contributed by atoms with van der Waals surface area (Å²) in [5, 5.41) is 6.05. The lowest BCUT2D eigenvalue weighted by atomic mass is 10.1. The van der Waals surface area contributed by atoms with Crippen LogP contribution >= 0.6 is 0 Å². The van der Waals surface area contributed by atoms with Gasteiger partial charge in [0.2, 0.25) is 0 Å². The first-order valence-corrected chi connectivity index (χ1v) is 6.31. The molecule has 0 aliphatic rings. The third-order valence-corrected chi connectivity index (χ3v) is 2.76. The summed E-state index contributed by atoms with van der Waals surface area (Å²) >= 11 is 0. The fourth-order valence-electron chi connectivity index (χ4n) is 1.85. The van der Waals surface area contributed by atoms with E-state index in [0.29, 0.717) is 12.1 Å². The molecule has 0 bridgehead atoms. The van der Waals surface area contributed by atoms with Gasteiger partial charge in [-0.25, -0.2) is 4.98 Å². The molecule has 0 fully saturated rings. The molecule has 0 aliphatic heterocycles. The average molecular weight is 258 g/mol. The molecule has 0 unspecified atom stereocenters. The zero-order valence-corrected chi connectivity index (χ0v) is 11.2. The van der Waals surface area contributed by atoms with Gasteiger partial charge in [-0.3, -0.25) is 4.79 Å². The Kier molecular flexibility index (Phi) is 4.18. The molecule has 2 rings (SSSR count). The lowest BCUT2D eigenvalue weighted by Crippen LogP contribution is -2.24. The van der Waals surface area contributed by atoms with Gasteiger partial charge in [0, 0.05) is 24.6 Å². The number of aromatic nitrogens is 2. The first-order valence-electron chi connectivity index (χ1n) is 6.31. The van der Waals surface area contributed by atoms with Crippen LogP contribution in [-0.2, 0) is 6.54 Å². The van der Waals surface area contributed by atoms with Gasteiger partial charge in [-0.05, 0) is 31.5 Å². The third kappa shape index (κ3) is 3.34. The summed E-state index contributed by atoms with van der Waals surface area (Å²) in [7, 11) is 0. The van der Waals surface area contributed by atoms with E-state index in [4.69, 9.17) is 0 Å². The van der Waals surface area contributed by atoms with Crippen molar-refractivity contribution in [2.45, 2.75) is 20.4 Å². The van der Waals surface area contributed by atoms with Crippen molar-refractivity contribution in [2.75, 3.05) is 11.9 Å². The summed E-state index contributed by atoms with van der Waals surface area (Å²) in [6, 6.07) is 5.75. The number of aryl methyl sites for hydroxylation is 1. The van der Waals surface area contributed by atoms with Crippen molar-refractivity contribution in [1.82, 2.24) is 15.3 Å². The van der Waals surface area contributed by atoms with Crippen molar-refractivity contribution in [3.05, 3.63) is 47.5 Å². The van der Waals surface area contributed by atoms with Crippen LogP contribution in [0.1, 0.15) is 28.7 Å². The van der Waals surface area contributed by atoms with Crippen LogP contribution in [0.25, 0.3) is 0 Å². The fourth-order valence-corrected chi connectivity index (χ4v) is 1.85. The number of carbonyl (C=O) groups excluding carboxylic acids is 1. The summed E-state index contributed by atoms with van der Waals surface area (Å²) in [5.74, 6) is 0.637. The van der Waals surface area contributed by atoms with Gasteiger partial charge in [0.15, 0.2) is 0 Å². The number of H-pyrrole nitrogens is 1. The molecule has 1 heterocycles. The molecule has 0 saturated heterocycles. The van der Waals surface area contributed by atoms with Crippen LogP contribution in [0.15, 0.2) is 30.6 Å². The number of hydrogen-bond acceptors (Lipinski definition) is 3. The van der Waals surface area contributed by atoms with E-state index >= 15 is 0 Å². The van der Waals surface area contributed by atoms with Crippen molar-refractivity contribution in [3.63, 3.8) is 0 Å². The van der Waals surface area contributed by atoms with Gasteiger partial charge < -0.3 is 15.6 Å². The second-order valence-electron chi connectivity index (χ2n) is 4.30. The zero-order chi connectivity index (χ0) is 13.7. The Morgan fingerprint density at radius 2 is 2.26 bits per heavy atom. The fraction of sp³-hybridized carbons (Fsp3) is 0.286. The van der Waals surface area contributed by atoms with E-state index in [1.54, 1.807) is 12.4 Å². The normalized spacial score (nSPS) is 10.2. The molecular formula is C14H18N4O. The summed E-state index contributed by atoms with van der Waals surface area (Å²) in [6.45, 7) is 5.19. The van der Waals surface area contributed by atoms with Gasteiger partial charge in [0.05, 0.1) is 12.1 Å². The largest absolute Gasteiger partial charge is 0.385 e. The van der Waals surface area contributed by atoms with Gasteiger partial charge in [0.25, 0.3) is 5.91 Å². The topological polar surface area (TPSA) is 69.8 Å². The van der Waals surface area contributed by atoms with E-state index in [0.717, 1.165) is 23.6 Å². The monoisotopic (exact) mass is 258 g/mol. The highest BCUT2D eigenvalue weighted by molar-refractivity contribution is 5.99. The summed E-state index contributed by atoms with van der Waals surface area (Å²) < 4.78 is 0.